The van der Waals surface area contributed by atoms with Crippen molar-refractivity contribution in [2.24, 2.45) is 5.73 Å². The minimum absolute atomic E-state index is 0.107. The number of aromatic nitrogens is 1. The predicted octanol–water partition coefficient (Wildman–Crippen LogP) is 2.25. The maximum Gasteiger partial charge on any atom is 0.310 e. The smallest absolute Gasteiger partial charge is 0.310 e. The Morgan fingerprint density at radius 2 is 1.94 bits per heavy atom. The Hall–Kier alpha value is -2.67. The van der Waals surface area contributed by atoms with E-state index >= 15 is 0 Å². The fourth-order valence-electron chi connectivity index (χ4n) is 4.81. The van der Waals surface area contributed by atoms with Gasteiger partial charge < -0.3 is 15.4 Å². The number of aryl methyl sites for hydroxylation is 1. The average Bonchev–Trinajstić information content (AvgIpc) is 3.18. The van der Waals surface area contributed by atoms with E-state index in [4.69, 9.17) is 10.5 Å². The summed E-state index contributed by atoms with van der Waals surface area (Å²) < 4.78 is 40.2. The second-order valence-corrected chi connectivity index (χ2v) is 11.6. The van der Waals surface area contributed by atoms with Crippen LogP contribution in [0.15, 0.2) is 58.8 Å². The van der Waals surface area contributed by atoms with Gasteiger partial charge in [-0.15, -0.1) is 0 Å². The van der Waals surface area contributed by atoms with Crippen LogP contribution in [0.5, 0.6) is 0 Å². The summed E-state index contributed by atoms with van der Waals surface area (Å²) in [6, 6.07) is 16.5. The van der Waals surface area contributed by atoms with Crippen LogP contribution in [0.25, 0.3) is 0 Å². The van der Waals surface area contributed by atoms with Crippen molar-refractivity contribution < 1.29 is 27.1 Å². The summed E-state index contributed by atoms with van der Waals surface area (Å²) in [6.45, 7) is 4.10. The number of nitrogens with one attached hydrogen (secondary N) is 2. The lowest BCUT2D eigenvalue weighted by atomic mass is 9.89. The molecule has 4 atom stereocenters. The van der Waals surface area contributed by atoms with E-state index in [0.717, 1.165) is 29.9 Å². The standard InChI is InChI=1S/C25H30N4O5S2/c1-15-25(36(31,32)33)35-16(2)29(15)23(26)18-10-7-11-19(14-18)24(30)28-22-20(34-3)12-13-27-21(22)17-8-5-4-6-9-17/h4-11,14,20-23,27H,12-13,26H2,1-3H3,(H-,28,30,31,32,33)/p+1. The zero-order chi connectivity index (χ0) is 26.0. The van der Waals surface area contributed by atoms with Crippen molar-refractivity contribution in [3.63, 3.8) is 0 Å². The molecule has 11 heteroatoms. The summed E-state index contributed by atoms with van der Waals surface area (Å²) in [4.78, 5) is 13.4. The molecule has 4 unspecified atom stereocenters. The van der Waals surface area contributed by atoms with Crippen molar-refractivity contribution >= 4 is 27.4 Å². The van der Waals surface area contributed by atoms with Crippen LogP contribution in [-0.2, 0) is 14.9 Å². The third-order valence-corrected chi connectivity index (χ3v) is 9.17. The molecule has 1 fully saturated rings. The van der Waals surface area contributed by atoms with Gasteiger partial charge in [0.05, 0.1) is 18.2 Å². The van der Waals surface area contributed by atoms with E-state index in [1.807, 2.05) is 30.3 Å². The van der Waals surface area contributed by atoms with Crippen LogP contribution in [0, 0.1) is 13.8 Å². The highest BCUT2D eigenvalue weighted by Gasteiger charge is 2.36. The van der Waals surface area contributed by atoms with E-state index in [0.29, 0.717) is 21.8 Å². The maximum absolute atomic E-state index is 13.4. The summed E-state index contributed by atoms with van der Waals surface area (Å²) in [5.74, 6) is -0.261. The number of thiazole rings is 1. The second-order valence-electron chi connectivity index (χ2n) is 8.81. The summed E-state index contributed by atoms with van der Waals surface area (Å²) in [6.07, 6.45) is -0.139. The maximum atomic E-state index is 13.4. The normalized spacial score (nSPS) is 21.2. The molecule has 1 aliphatic heterocycles. The molecular weight excluding hydrogens is 500 g/mol. The molecule has 5 N–H and O–H groups in total. The van der Waals surface area contributed by atoms with Crippen LogP contribution in [-0.4, -0.2) is 44.7 Å². The largest absolute Gasteiger partial charge is 0.379 e. The highest BCUT2D eigenvalue weighted by molar-refractivity contribution is 7.88. The lowest BCUT2D eigenvalue weighted by Gasteiger charge is -2.39. The van der Waals surface area contributed by atoms with Crippen molar-refractivity contribution in [3.05, 3.63) is 82.0 Å². The van der Waals surface area contributed by atoms with Crippen molar-refractivity contribution in [1.29, 1.82) is 0 Å². The van der Waals surface area contributed by atoms with E-state index < -0.39 is 16.3 Å². The van der Waals surface area contributed by atoms with E-state index in [1.54, 1.807) is 49.8 Å². The molecule has 0 radical (unpaired) electrons. The lowest BCUT2D eigenvalue weighted by Crippen LogP contribution is -2.56. The number of ether oxygens (including phenoxy) is 1. The Morgan fingerprint density at radius 3 is 2.58 bits per heavy atom. The van der Waals surface area contributed by atoms with Gasteiger partial charge in [0.1, 0.15) is 0 Å². The van der Waals surface area contributed by atoms with Crippen molar-refractivity contribution in [2.45, 2.75) is 48.8 Å². The number of carbonyl (C=O) groups is 1. The molecule has 0 saturated carbocycles. The first-order valence-electron chi connectivity index (χ1n) is 11.6. The van der Waals surface area contributed by atoms with Gasteiger partial charge in [0.2, 0.25) is 21.1 Å². The molecule has 1 aromatic heterocycles. The lowest BCUT2D eigenvalue weighted by molar-refractivity contribution is -0.720. The van der Waals surface area contributed by atoms with Crippen molar-refractivity contribution in [2.75, 3.05) is 13.7 Å². The van der Waals surface area contributed by atoms with Crippen LogP contribution < -0.4 is 20.9 Å². The molecule has 0 bridgehead atoms. The molecule has 9 nitrogen and oxygen atoms in total. The quantitative estimate of drug-likeness (QED) is 0.271. The first-order valence-corrected chi connectivity index (χ1v) is 13.8. The van der Waals surface area contributed by atoms with E-state index in [1.165, 1.54) is 0 Å². The molecule has 0 aliphatic carbocycles. The number of hydrogen-bond donors (Lipinski definition) is 4. The second kappa shape index (κ2) is 10.8. The fourth-order valence-corrected chi connectivity index (χ4v) is 6.93. The molecule has 2 aromatic carbocycles. The first-order chi connectivity index (χ1) is 17.1. The molecule has 1 saturated heterocycles. The molecule has 1 aliphatic rings. The van der Waals surface area contributed by atoms with Crippen molar-refractivity contribution in [3.8, 4) is 0 Å². The van der Waals surface area contributed by atoms with E-state index in [9.17, 15) is 17.8 Å². The number of benzene rings is 2. The Labute approximate surface area is 215 Å². The summed E-state index contributed by atoms with van der Waals surface area (Å²) in [5, 5.41) is 7.27. The molecule has 192 valence electrons. The third kappa shape index (κ3) is 5.36. The minimum Gasteiger partial charge on any atom is -0.379 e. The molecule has 36 heavy (non-hydrogen) atoms. The summed E-state index contributed by atoms with van der Waals surface area (Å²) >= 11 is 0.950. The monoisotopic (exact) mass is 531 g/mol. The Balaban J connectivity index is 1.61. The van der Waals surface area contributed by atoms with Gasteiger partial charge in [-0.25, -0.2) is 0 Å². The number of nitrogens with two attached hydrogens (primary N) is 1. The van der Waals surface area contributed by atoms with Crippen LogP contribution >= 0.6 is 11.3 Å². The molecule has 3 aromatic rings. The number of methoxy groups -OCH3 is 1. The topological polar surface area (TPSA) is 135 Å². The van der Waals surface area contributed by atoms with Gasteiger partial charge in [-0.2, -0.15) is 13.0 Å². The summed E-state index contributed by atoms with van der Waals surface area (Å²) in [5.41, 5.74) is 8.96. The summed E-state index contributed by atoms with van der Waals surface area (Å²) in [7, 11) is -2.71. The Bertz CT molecular complexity index is 1340. The Kier molecular flexibility index (Phi) is 7.88. The van der Waals surface area contributed by atoms with Crippen LogP contribution in [0.3, 0.4) is 0 Å². The number of amides is 1. The van der Waals surface area contributed by atoms with E-state index in [-0.39, 0.29) is 28.3 Å². The number of piperidine rings is 1. The average molecular weight is 532 g/mol. The molecule has 2 heterocycles. The minimum atomic E-state index is -4.36. The van der Waals surface area contributed by atoms with Crippen molar-refractivity contribution in [1.82, 2.24) is 10.6 Å². The number of hydrogen-bond acceptors (Lipinski definition) is 7. The number of carbonyl (C=O) groups excluding carboxylic acids is 1. The number of nitrogens with zero attached hydrogens (tertiary/aromatic N) is 1. The number of rotatable bonds is 7. The zero-order valence-electron chi connectivity index (χ0n) is 20.3. The van der Waals surface area contributed by atoms with Gasteiger partial charge in [-0.05, 0) is 30.7 Å². The van der Waals surface area contributed by atoms with Crippen LogP contribution in [0.4, 0.5) is 0 Å². The highest BCUT2D eigenvalue weighted by atomic mass is 32.3. The van der Waals surface area contributed by atoms with Gasteiger partial charge in [0.15, 0.2) is 0 Å². The van der Waals surface area contributed by atoms with Gasteiger partial charge in [-0.3, -0.25) is 15.1 Å². The van der Waals surface area contributed by atoms with E-state index in [2.05, 4.69) is 10.6 Å². The highest BCUT2D eigenvalue weighted by Crippen LogP contribution is 2.27. The molecule has 1 amide bonds. The predicted molar refractivity (Wildman–Crippen MR) is 136 cm³/mol. The van der Waals surface area contributed by atoms with Gasteiger partial charge >= 0.3 is 10.1 Å². The van der Waals surface area contributed by atoms with Gasteiger partial charge in [0, 0.05) is 32.1 Å². The Morgan fingerprint density at radius 1 is 1.22 bits per heavy atom. The SMILES string of the molecule is COC1CCNC(c2ccccc2)C1NC(=O)c1cccc(C(N)[n+]2c(C)sc(S(=O)(=O)O)c2C)c1. The molecule has 4 rings (SSSR count). The fraction of sp³-hybridized carbons (Fsp3) is 0.360. The molecular formula is C25H31N4O5S2+. The molecule has 0 spiro atoms. The first kappa shape index (κ1) is 26.4. The van der Waals surface area contributed by atoms with Gasteiger partial charge in [-0.1, -0.05) is 53.8 Å². The van der Waals surface area contributed by atoms with Gasteiger partial charge in [0.25, 0.3) is 5.91 Å². The van der Waals surface area contributed by atoms with Crippen LogP contribution in [0.1, 0.15) is 50.8 Å². The zero-order valence-corrected chi connectivity index (χ0v) is 22.0. The van der Waals surface area contributed by atoms with Crippen LogP contribution in [0.2, 0.25) is 0 Å². The third-order valence-electron chi connectivity index (χ3n) is 6.55.